The summed E-state index contributed by atoms with van der Waals surface area (Å²) in [5.41, 5.74) is 0.457. The lowest BCUT2D eigenvalue weighted by Gasteiger charge is -2.36. The molecule has 1 aromatic rings. The lowest BCUT2D eigenvalue weighted by Crippen LogP contribution is -2.59. The van der Waals surface area contributed by atoms with Gasteiger partial charge in [0.05, 0.1) is 5.01 Å². The van der Waals surface area contributed by atoms with Crippen LogP contribution >= 0.6 is 11.3 Å². The van der Waals surface area contributed by atoms with Crippen LogP contribution in [0.3, 0.4) is 0 Å². The first-order chi connectivity index (χ1) is 9.41. The molecular formula is C14H21N3O2S. The Kier molecular flexibility index (Phi) is 4.42. The number of amides is 2. The van der Waals surface area contributed by atoms with Crippen molar-refractivity contribution >= 4 is 23.2 Å². The van der Waals surface area contributed by atoms with Crippen molar-refractivity contribution in [3.63, 3.8) is 0 Å². The minimum atomic E-state index is -0.402. The van der Waals surface area contributed by atoms with Gasteiger partial charge in [0, 0.05) is 24.4 Å². The van der Waals surface area contributed by atoms with Crippen molar-refractivity contribution in [3.05, 3.63) is 16.1 Å². The van der Waals surface area contributed by atoms with E-state index in [2.05, 4.69) is 24.1 Å². The van der Waals surface area contributed by atoms with E-state index >= 15 is 0 Å². The lowest BCUT2D eigenvalue weighted by atomic mass is 9.99. The molecule has 1 aromatic heterocycles. The van der Waals surface area contributed by atoms with Crippen LogP contribution < -0.4 is 5.32 Å². The highest BCUT2D eigenvalue weighted by Gasteiger charge is 2.36. The number of hydrogen-bond acceptors (Lipinski definition) is 4. The maximum absolute atomic E-state index is 12.6. The van der Waals surface area contributed by atoms with E-state index in [9.17, 15) is 9.59 Å². The molecule has 1 N–H and O–H groups in total. The smallest absolute Gasteiger partial charge is 0.274 e. The third-order valence-electron chi connectivity index (χ3n) is 3.38. The fourth-order valence-electron chi connectivity index (χ4n) is 2.37. The Bertz CT molecular complexity index is 510. The molecule has 0 unspecified atom stereocenters. The summed E-state index contributed by atoms with van der Waals surface area (Å²) in [4.78, 5) is 30.6. The molecule has 0 saturated carbocycles. The number of aromatic nitrogens is 1. The van der Waals surface area contributed by atoms with E-state index in [4.69, 9.17) is 0 Å². The highest BCUT2D eigenvalue weighted by Crippen LogP contribution is 2.22. The first-order valence-corrected chi connectivity index (χ1v) is 7.84. The zero-order valence-electron chi connectivity index (χ0n) is 12.3. The number of thiazole rings is 1. The quantitative estimate of drug-likeness (QED) is 0.926. The first kappa shape index (κ1) is 15.0. The summed E-state index contributed by atoms with van der Waals surface area (Å²) in [6, 6.07) is -0.402. The van der Waals surface area contributed by atoms with Gasteiger partial charge in [0.25, 0.3) is 5.91 Å². The van der Waals surface area contributed by atoms with E-state index in [1.54, 1.807) is 10.3 Å². The summed E-state index contributed by atoms with van der Waals surface area (Å²) in [6.45, 7) is 9.07. The monoisotopic (exact) mass is 295 g/mol. The van der Waals surface area contributed by atoms with Gasteiger partial charge in [0.2, 0.25) is 5.91 Å². The Morgan fingerprint density at radius 1 is 1.45 bits per heavy atom. The number of rotatable bonds is 3. The van der Waals surface area contributed by atoms with Crippen LogP contribution in [0.15, 0.2) is 5.38 Å². The zero-order valence-corrected chi connectivity index (χ0v) is 13.2. The second kappa shape index (κ2) is 5.91. The van der Waals surface area contributed by atoms with Crippen molar-refractivity contribution in [1.82, 2.24) is 15.2 Å². The molecule has 20 heavy (non-hydrogen) atoms. The molecular weight excluding hydrogens is 274 g/mol. The molecule has 2 heterocycles. The van der Waals surface area contributed by atoms with Gasteiger partial charge < -0.3 is 10.2 Å². The van der Waals surface area contributed by atoms with Crippen molar-refractivity contribution < 1.29 is 9.59 Å². The molecule has 1 atom stereocenters. The topological polar surface area (TPSA) is 62.3 Å². The minimum absolute atomic E-state index is 0.0705. The Labute approximate surface area is 123 Å². The van der Waals surface area contributed by atoms with E-state index < -0.39 is 6.04 Å². The highest BCUT2D eigenvalue weighted by molar-refractivity contribution is 7.09. The van der Waals surface area contributed by atoms with Crippen LogP contribution in [0.4, 0.5) is 0 Å². The van der Waals surface area contributed by atoms with Crippen LogP contribution in [0.1, 0.15) is 49.1 Å². The molecule has 0 bridgehead atoms. The van der Waals surface area contributed by atoms with E-state index in [1.165, 1.54) is 11.3 Å². The molecule has 110 valence electrons. The van der Waals surface area contributed by atoms with Gasteiger partial charge in [-0.2, -0.15) is 0 Å². The fraction of sp³-hybridized carbons (Fsp3) is 0.643. The molecule has 0 radical (unpaired) electrons. The molecule has 0 aliphatic carbocycles. The second-order valence-corrected chi connectivity index (χ2v) is 6.59. The summed E-state index contributed by atoms with van der Waals surface area (Å²) in [7, 11) is 0. The summed E-state index contributed by atoms with van der Waals surface area (Å²) >= 11 is 1.50. The van der Waals surface area contributed by atoms with Crippen LogP contribution in [0.5, 0.6) is 0 Å². The van der Waals surface area contributed by atoms with Crippen LogP contribution in [-0.4, -0.2) is 40.8 Å². The summed E-state index contributed by atoms with van der Waals surface area (Å²) < 4.78 is 0. The normalized spacial score (nSPS) is 19.6. The standard InChI is InChI=1S/C14H21N3O2S/c1-8(2)11-12(18)15-5-6-17(11)14(19)10-7-20-13(16-10)9(3)4/h7-9,11H,5-6H2,1-4H3,(H,15,18)/t11-/m0/s1. The molecule has 1 aliphatic heterocycles. The van der Waals surface area contributed by atoms with Crippen molar-refractivity contribution in [2.75, 3.05) is 13.1 Å². The van der Waals surface area contributed by atoms with E-state index in [0.29, 0.717) is 24.7 Å². The maximum Gasteiger partial charge on any atom is 0.274 e. The van der Waals surface area contributed by atoms with E-state index in [-0.39, 0.29) is 17.7 Å². The number of carbonyl (C=O) groups excluding carboxylic acids is 2. The van der Waals surface area contributed by atoms with Crippen LogP contribution in [0, 0.1) is 5.92 Å². The largest absolute Gasteiger partial charge is 0.353 e. The molecule has 2 rings (SSSR count). The van der Waals surface area contributed by atoms with Crippen molar-refractivity contribution in [2.45, 2.75) is 39.7 Å². The van der Waals surface area contributed by atoms with E-state index in [0.717, 1.165) is 5.01 Å². The average Bonchev–Trinajstić information content (AvgIpc) is 2.86. The van der Waals surface area contributed by atoms with Crippen LogP contribution in [0.2, 0.25) is 0 Å². The molecule has 2 amide bonds. The van der Waals surface area contributed by atoms with Gasteiger partial charge >= 0.3 is 0 Å². The van der Waals surface area contributed by atoms with Gasteiger partial charge in [-0.05, 0) is 5.92 Å². The molecule has 0 spiro atoms. The van der Waals surface area contributed by atoms with Gasteiger partial charge in [-0.25, -0.2) is 4.98 Å². The van der Waals surface area contributed by atoms with Gasteiger partial charge in [0.1, 0.15) is 11.7 Å². The van der Waals surface area contributed by atoms with Crippen LogP contribution in [0.25, 0.3) is 0 Å². The Hall–Kier alpha value is -1.43. The SMILES string of the molecule is CC(C)c1nc(C(=O)N2CCNC(=O)[C@@H]2C(C)C)cs1. The van der Waals surface area contributed by atoms with Gasteiger partial charge in [0.15, 0.2) is 0 Å². The summed E-state index contributed by atoms with van der Waals surface area (Å²) in [6.07, 6.45) is 0. The average molecular weight is 295 g/mol. The molecule has 0 aromatic carbocycles. The Balaban J connectivity index is 2.23. The Morgan fingerprint density at radius 3 is 2.70 bits per heavy atom. The number of nitrogens with zero attached hydrogens (tertiary/aromatic N) is 2. The summed E-state index contributed by atoms with van der Waals surface area (Å²) in [5.74, 6) is 0.190. The van der Waals surface area contributed by atoms with Crippen LogP contribution in [-0.2, 0) is 4.79 Å². The van der Waals surface area contributed by atoms with Crippen molar-refractivity contribution in [3.8, 4) is 0 Å². The highest BCUT2D eigenvalue weighted by atomic mass is 32.1. The third-order valence-corrected chi connectivity index (χ3v) is 4.53. The van der Waals surface area contributed by atoms with Crippen molar-refractivity contribution in [2.24, 2.45) is 5.92 Å². The Morgan fingerprint density at radius 2 is 2.15 bits per heavy atom. The number of nitrogens with one attached hydrogen (secondary N) is 1. The second-order valence-electron chi connectivity index (χ2n) is 5.70. The van der Waals surface area contributed by atoms with Gasteiger partial charge in [-0.15, -0.1) is 11.3 Å². The van der Waals surface area contributed by atoms with Crippen molar-refractivity contribution in [1.29, 1.82) is 0 Å². The summed E-state index contributed by atoms with van der Waals surface area (Å²) in [5, 5.41) is 5.57. The maximum atomic E-state index is 12.6. The molecule has 1 saturated heterocycles. The molecule has 1 fully saturated rings. The van der Waals surface area contributed by atoms with Gasteiger partial charge in [-0.1, -0.05) is 27.7 Å². The number of hydrogen-bond donors (Lipinski definition) is 1. The fourth-order valence-corrected chi connectivity index (χ4v) is 3.18. The molecule has 6 heteroatoms. The molecule has 5 nitrogen and oxygen atoms in total. The predicted octanol–water partition coefficient (Wildman–Crippen LogP) is 1.86. The lowest BCUT2D eigenvalue weighted by molar-refractivity contribution is -0.129. The van der Waals surface area contributed by atoms with E-state index in [1.807, 2.05) is 13.8 Å². The predicted molar refractivity (Wildman–Crippen MR) is 78.9 cm³/mol. The third kappa shape index (κ3) is 2.85. The molecule has 1 aliphatic rings. The minimum Gasteiger partial charge on any atom is -0.353 e. The zero-order chi connectivity index (χ0) is 14.9. The number of piperazine rings is 1. The van der Waals surface area contributed by atoms with Gasteiger partial charge in [-0.3, -0.25) is 9.59 Å². The number of carbonyl (C=O) groups is 2. The first-order valence-electron chi connectivity index (χ1n) is 6.96.